The van der Waals surface area contributed by atoms with Crippen molar-refractivity contribution in [1.82, 2.24) is 0 Å². The average molecular weight is 254 g/mol. The first-order chi connectivity index (χ1) is 8.35. The molecule has 3 atom stereocenters. The van der Waals surface area contributed by atoms with E-state index in [1.165, 1.54) is 0 Å². The van der Waals surface area contributed by atoms with Crippen LogP contribution in [0.4, 0.5) is 0 Å². The van der Waals surface area contributed by atoms with Crippen LogP contribution >= 0.6 is 0 Å². The highest BCUT2D eigenvalue weighted by Gasteiger charge is 2.43. The largest absolute Gasteiger partial charge is 0.378 e. The molecular formula is C15H26O3. The number of hydrogen-bond donors (Lipinski definition) is 1. The molecule has 0 aliphatic carbocycles. The molecule has 0 radical (unpaired) electrons. The molecule has 1 rings (SSSR count). The number of aliphatic hydroxyl groups excluding tert-OH is 1. The van der Waals surface area contributed by atoms with E-state index >= 15 is 0 Å². The van der Waals surface area contributed by atoms with Gasteiger partial charge in [-0.15, -0.1) is 5.92 Å². The lowest BCUT2D eigenvalue weighted by Gasteiger charge is -2.18. The Labute approximate surface area is 111 Å². The summed E-state index contributed by atoms with van der Waals surface area (Å²) in [6.45, 7) is 10.1. The predicted octanol–water partition coefficient (Wildman–Crippen LogP) is 2.72. The zero-order valence-corrected chi connectivity index (χ0v) is 12.2. The zero-order chi connectivity index (χ0) is 13.8. The van der Waals surface area contributed by atoms with Gasteiger partial charge in [0, 0.05) is 6.42 Å². The lowest BCUT2D eigenvalue weighted by molar-refractivity contribution is -0.152. The molecular weight excluding hydrogens is 228 g/mol. The number of ether oxygens (including phenoxy) is 2. The van der Waals surface area contributed by atoms with Crippen molar-refractivity contribution < 1.29 is 14.6 Å². The quantitative estimate of drug-likeness (QED) is 0.784. The van der Waals surface area contributed by atoms with Crippen molar-refractivity contribution in [1.29, 1.82) is 0 Å². The maximum Gasteiger partial charge on any atom is 0.163 e. The molecule has 0 spiro atoms. The summed E-state index contributed by atoms with van der Waals surface area (Å²) < 4.78 is 11.6. The molecule has 3 nitrogen and oxygen atoms in total. The summed E-state index contributed by atoms with van der Waals surface area (Å²) in [6, 6.07) is 0. The smallest absolute Gasteiger partial charge is 0.163 e. The molecule has 1 saturated heterocycles. The van der Waals surface area contributed by atoms with Crippen LogP contribution in [0.25, 0.3) is 0 Å². The van der Waals surface area contributed by atoms with Gasteiger partial charge < -0.3 is 14.6 Å². The van der Waals surface area contributed by atoms with Gasteiger partial charge in [-0.25, -0.2) is 0 Å². The van der Waals surface area contributed by atoms with Gasteiger partial charge in [-0.05, 0) is 26.2 Å². The van der Waals surface area contributed by atoms with Crippen molar-refractivity contribution in [2.24, 2.45) is 5.92 Å². The molecule has 3 heteroatoms. The van der Waals surface area contributed by atoms with Gasteiger partial charge in [0.25, 0.3) is 0 Å². The van der Waals surface area contributed by atoms with Crippen LogP contribution in [-0.2, 0) is 9.47 Å². The number of rotatable bonds is 4. The van der Waals surface area contributed by atoms with Gasteiger partial charge in [-0.2, -0.15) is 0 Å². The van der Waals surface area contributed by atoms with Crippen molar-refractivity contribution in [3.63, 3.8) is 0 Å². The molecule has 1 aliphatic rings. The van der Waals surface area contributed by atoms with Crippen LogP contribution in [0.2, 0.25) is 0 Å². The molecule has 1 aliphatic heterocycles. The fraction of sp³-hybridized carbons (Fsp3) is 0.867. The minimum Gasteiger partial charge on any atom is -0.378 e. The summed E-state index contributed by atoms with van der Waals surface area (Å²) >= 11 is 0. The Morgan fingerprint density at radius 1 is 1.28 bits per heavy atom. The zero-order valence-electron chi connectivity index (χ0n) is 12.2. The highest BCUT2D eigenvalue weighted by atomic mass is 16.8. The van der Waals surface area contributed by atoms with E-state index in [1.54, 1.807) is 0 Å². The standard InChI is InChI=1S/C15H26O3/c1-6-8-13-14(18-15(4,5)17-13)12(16)10-7-9-11(2)3/h11-14,16H,6,8-9H2,1-5H3/t12?,13-,14+/m0/s1. The van der Waals surface area contributed by atoms with E-state index in [9.17, 15) is 5.11 Å². The van der Waals surface area contributed by atoms with E-state index < -0.39 is 11.9 Å². The molecule has 0 bridgehead atoms. The Balaban J connectivity index is 2.63. The second-order valence-corrected chi connectivity index (χ2v) is 5.79. The van der Waals surface area contributed by atoms with Crippen LogP contribution in [-0.4, -0.2) is 29.2 Å². The van der Waals surface area contributed by atoms with Gasteiger partial charge in [-0.1, -0.05) is 33.1 Å². The molecule has 1 N–H and O–H groups in total. The number of hydrogen-bond acceptors (Lipinski definition) is 3. The molecule has 0 aromatic heterocycles. The normalized spacial score (nSPS) is 27.9. The summed E-state index contributed by atoms with van der Waals surface area (Å²) in [5, 5.41) is 10.1. The topological polar surface area (TPSA) is 38.7 Å². The van der Waals surface area contributed by atoms with Crippen LogP contribution < -0.4 is 0 Å². The Morgan fingerprint density at radius 2 is 1.94 bits per heavy atom. The fourth-order valence-electron chi connectivity index (χ4n) is 2.09. The van der Waals surface area contributed by atoms with Gasteiger partial charge in [-0.3, -0.25) is 0 Å². The third-order valence-electron chi connectivity index (χ3n) is 2.87. The predicted molar refractivity (Wildman–Crippen MR) is 72.0 cm³/mol. The Bertz CT molecular complexity index is 311. The fourth-order valence-corrected chi connectivity index (χ4v) is 2.09. The van der Waals surface area contributed by atoms with E-state index in [1.807, 2.05) is 13.8 Å². The van der Waals surface area contributed by atoms with E-state index in [0.717, 1.165) is 19.3 Å². The van der Waals surface area contributed by atoms with Crippen molar-refractivity contribution in [3.8, 4) is 11.8 Å². The van der Waals surface area contributed by atoms with Gasteiger partial charge in [0.2, 0.25) is 0 Å². The second-order valence-electron chi connectivity index (χ2n) is 5.79. The van der Waals surface area contributed by atoms with Crippen LogP contribution in [0.1, 0.15) is 53.9 Å². The van der Waals surface area contributed by atoms with Crippen molar-refractivity contribution in [2.45, 2.75) is 78.0 Å². The highest BCUT2D eigenvalue weighted by Crippen LogP contribution is 2.32. The van der Waals surface area contributed by atoms with Crippen LogP contribution in [0.3, 0.4) is 0 Å². The molecule has 0 amide bonds. The van der Waals surface area contributed by atoms with E-state index in [-0.39, 0.29) is 12.2 Å². The van der Waals surface area contributed by atoms with E-state index in [4.69, 9.17) is 9.47 Å². The van der Waals surface area contributed by atoms with Crippen LogP contribution in [0.5, 0.6) is 0 Å². The van der Waals surface area contributed by atoms with Crippen molar-refractivity contribution in [3.05, 3.63) is 0 Å². The monoisotopic (exact) mass is 254 g/mol. The van der Waals surface area contributed by atoms with Gasteiger partial charge in [0.15, 0.2) is 5.79 Å². The molecule has 0 aromatic rings. The van der Waals surface area contributed by atoms with Gasteiger partial charge >= 0.3 is 0 Å². The molecule has 0 saturated carbocycles. The van der Waals surface area contributed by atoms with Crippen LogP contribution in [0.15, 0.2) is 0 Å². The first kappa shape index (κ1) is 15.5. The third-order valence-corrected chi connectivity index (χ3v) is 2.87. The van der Waals surface area contributed by atoms with Gasteiger partial charge in [0.05, 0.1) is 6.10 Å². The summed E-state index contributed by atoms with van der Waals surface area (Å²) in [5.74, 6) is 5.80. The summed E-state index contributed by atoms with van der Waals surface area (Å²) in [7, 11) is 0. The Kier molecular flexibility index (Phi) is 5.65. The Morgan fingerprint density at radius 3 is 2.50 bits per heavy atom. The number of aliphatic hydroxyl groups is 1. The average Bonchev–Trinajstić information content (AvgIpc) is 2.54. The minimum absolute atomic E-state index is 0.0617. The molecule has 1 unspecified atom stereocenters. The lowest BCUT2D eigenvalue weighted by Crippen LogP contribution is -2.34. The Hall–Kier alpha value is -0.560. The summed E-state index contributed by atoms with van der Waals surface area (Å²) in [6.07, 6.45) is 1.53. The second kappa shape index (κ2) is 6.56. The summed E-state index contributed by atoms with van der Waals surface area (Å²) in [5.41, 5.74) is 0. The van der Waals surface area contributed by atoms with Crippen LogP contribution in [0, 0.1) is 17.8 Å². The molecule has 18 heavy (non-hydrogen) atoms. The van der Waals surface area contributed by atoms with E-state index in [2.05, 4.69) is 32.6 Å². The maximum atomic E-state index is 10.1. The highest BCUT2D eigenvalue weighted by molar-refractivity contribution is 5.09. The molecule has 1 fully saturated rings. The summed E-state index contributed by atoms with van der Waals surface area (Å²) in [4.78, 5) is 0. The molecule has 1 heterocycles. The lowest BCUT2D eigenvalue weighted by atomic mass is 10.0. The minimum atomic E-state index is -0.762. The SMILES string of the molecule is CCC[C@@H]1OC(C)(C)O[C@@H]1C(O)C#CCC(C)C. The molecule has 104 valence electrons. The first-order valence-electron chi connectivity index (χ1n) is 6.88. The third kappa shape index (κ3) is 4.61. The van der Waals surface area contributed by atoms with Crippen molar-refractivity contribution in [2.75, 3.05) is 0 Å². The van der Waals surface area contributed by atoms with Crippen molar-refractivity contribution >= 4 is 0 Å². The first-order valence-corrected chi connectivity index (χ1v) is 6.88. The van der Waals surface area contributed by atoms with Gasteiger partial charge in [0.1, 0.15) is 12.2 Å². The maximum absolute atomic E-state index is 10.1. The molecule has 0 aromatic carbocycles. The van der Waals surface area contributed by atoms with E-state index in [0.29, 0.717) is 5.92 Å².